The maximum Gasteiger partial charge on any atom is 0.193 e. The van der Waals surface area contributed by atoms with Gasteiger partial charge in [-0.05, 0) is 43.9 Å². The largest absolute Gasteiger partial charge is 0.497 e. The SMILES string of the molecule is CN=C(NCCCCc1ccc(OC)cc1)N(C)Cc1csc(C)n1.I. The second-order valence-corrected chi connectivity index (χ2v) is 7.06. The van der Waals surface area contributed by atoms with Crippen LogP contribution in [0.2, 0.25) is 0 Å². The van der Waals surface area contributed by atoms with E-state index in [1.807, 2.05) is 33.2 Å². The Balaban J connectivity index is 0.00000338. The highest BCUT2D eigenvalue weighted by Crippen LogP contribution is 2.13. The lowest BCUT2D eigenvalue weighted by Crippen LogP contribution is -2.39. The van der Waals surface area contributed by atoms with Crippen LogP contribution in [0.15, 0.2) is 34.6 Å². The van der Waals surface area contributed by atoms with Crippen LogP contribution >= 0.6 is 35.3 Å². The molecule has 0 saturated carbocycles. The van der Waals surface area contributed by atoms with Crippen molar-refractivity contribution in [1.82, 2.24) is 15.2 Å². The number of hydrogen-bond donors (Lipinski definition) is 1. The van der Waals surface area contributed by atoms with Crippen molar-refractivity contribution in [2.24, 2.45) is 4.99 Å². The fraction of sp³-hybridized carbons (Fsp3) is 0.474. The van der Waals surface area contributed by atoms with E-state index in [0.29, 0.717) is 0 Å². The van der Waals surface area contributed by atoms with Crippen molar-refractivity contribution in [2.45, 2.75) is 32.7 Å². The predicted molar refractivity (Wildman–Crippen MR) is 121 cm³/mol. The van der Waals surface area contributed by atoms with Gasteiger partial charge in [0, 0.05) is 26.0 Å². The van der Waals surface area contributed by atoms with E-state index < -0.39 is 0 Å². The first kappa shape index (κ1) is 22.7. The summed E-state index contributed by atoms with van der Waals surface area (Å²) in [6, 6.07) is 8.30. The summed E-state index contributed by atoms with van der Waals surface area (Å²) in [6.45, 7) is 3.73. The van der Waals surface area contributed by atoms with Crippen molar-refractivity contribution in [3.8, 4) is 5.75 Å². The van der Waals surface area contributed by atoms with Gasteiger partial charge in [0.2, 0.25) is 0 Å². The lowest BCUT2D eigenvalue weighted by molar-refractivity contribution is 0.414. The Bertz CT molecular complexity index is 672. The molecule has 1 aromatic heterocycles. The van der Waals surface area contributed by atoms with Crippen LogP contribution in [0.1, 0.15) is 29.1 Å². The van der Waals surface area contributed by atoms with Crippen molar-refractivity contribution < 1.29 is 4.74 Å². The van der Waals surface area contributed by atoms with Crippen LogP contribution in [0, 0.1) is 6.92 Å². The number of methoxy groups -OCH3 is 1. The molecule has 1 N–H and O–H groups in total. The molecule has 0 amide bonds. The minimum Gasteiger partial charge on any atom is -0.497 e. The van der Waals surface area contributed by atoms with E-state index in [1.165, 1.54) is 5.56 Å². The van der Waals surface area contributed by atoms with Gasteiger partial charge < -0.3 is 15.0 Å². The summed E-state index contributed by atoms with van der Waals surface area (Å²) in [7, 11) is 5.56. The third-order valence-corrected chi connectivity index (χ3v) is 4.80. The van der Waals surface area contributed by atoms with E-state index in [2.05, 4.69) is 37.7 Å². The molecule has 0 atom stereocenters. The minimum atomic E-state index is 0. The number of rotatable bonds is 8. The van der Waals surface area contributed by atoms with Gasteiger partial charge in [-0.15, -0.1) is 35.3 Å². The monoisotopic (exact) mass is 488 g/mol. The first-order valence-electron chi connectivity index (χ1n) is 8.58. The van der Waals surface area contributed by atoms with Gasteiger partial charge >= 0.3 is 0 Å². The number of nitrogens with zero attached hydrogens (tertiary/aromatic N) is 3. The summed E-state index contributed by atoms with van der Waals surface area (Å²) < 4.78 is 5.19. The van der Waals surface area contributed by atoms with Crippen LogP contribution < -0.4 is 10.1 Å². The molecule has 0 bridgehead atoms. The maximum absolute atomic E-state index is 5.19. The standard InChI is InChI=1S/C19H28N4OS.HI/c1-15-22-17(14-25-15)13-23(3)19(20-2)21-12-6-5-7-16-8-10-18(24-4)11-9-16;/h8-11,14H,5-7,12-13H2,1-4H3,(H,20,21);1H. The number of benzene rings is 1. The fourth-order valence-electron chi connectivity index (χ4n) is 2.63. The van der Waals surface area contributed by atoms with E-state index in [0.717, 1.165) is 54.8 Å². The maximum atomic E-state index is 5.19. The molecule has 26 heavy (non-hydrogen) atoms. The van der Waals surface area contributed by atoms with Crippen LogP contribution in [0.3, 0.4) is 0 Å². The summed E-state index contributed by atoms with van der Waals surface area (Å²) in [6.07, 6.45) is 3.33. The molecule has 144 valence electrons. The second-order valence-electron chi connectivity index (χ2n) is 5.99. The zero-order valence-electron chi connectivity index (χ0n) is 16.0. The Hall–Kier alpha value is -1.35. The average molecular weight is 488 g/mol. The van der Waals surface area contributed by atoms with Crippen LogP contribution in [0.25, 0.3) is 0 Å². The van der Waals surface area contributed by atoms with Gasteiger partial charge in [0.25, 0.3) is 0 Å². The third kappa shape index (κ3) is 7.49. The number of thiazole rings is 1. The zero-order valence-corrected chi connectivity index (χ0v) is 19.1. The summed E-state index contributed by atoms with van der Waals surface area (Å²) in [4.78, 5) is 11.0. The molecule has 1 aromatic carbocycles. The highest BCUT2D eigenvalue weighted by Gasteiger charge is 2.08. The minimum absolute atomic E-state index is 0. The first-order valence-corrected chi connectivity index (χ1v) is 9.46. The summed E-state index contributed by atoms with van der Waals surface area (Å²) >= 11 is 1.68. The van der Waals surface area contributed by atoms with Gasteiger partial charge in [-0.25, -0.2) is 4.98 Å². The summed E-state index contributed by atoms with van der Waals surface area (Å²) in [5.74, 6) is 1.82. The molecule has 0 aliphatic heterocycles. The molecule has 0 unspecified atom stereocenters. The van der Waals surface area contributed by atoms with Crippen LogP contribution in [-0.2, 0) is 13.0 Å². The molecule has 0 spiro atoms. The lowest BCUT2D eigenvalue weighted by Gasteiger charge is -2.21. The average Bonchev–Trinajstić information content (AvgIpc) is 3.03. The van der Waals surface area contributed by atoms with Gasteiger partial charge in [0.05, 0.1) is 24.4 Å². The molecular weight excluding hydrogens is 459 g/mol. The molecular formula is C19H29IN4OS. The van der Waals surface area contributed by atoms with Crippen molar-refractivity contribution in [2.75, 3.05) is 27.7 Å². The van der Waals surface area contributed by atoms with E-state index in [-0.39, 0.29) is 24.0 Å². The highest BCUT2D eigenvalue weighted by atomic mass is 127. The number of aliphatic imine (C=N–C) groups is 1. The number of aromatic nitrogens is 1. The van der Waals surface area contributed by atoms with E-state index in [9.17, 15) is 0 Å². The highest BCUT2D eigenvalue weighted by molar-refractivity contribution is 14.0. The van der Waals surface area contributed by atoms with Crippen molar-refractivity contribution in [1.29, 1.82) is 0 Å². The smallest absolute Gasteiger partial charge is 0.193 e. The molecule has 5 nitrogen and oxygen atoms in total. The molecule has 2 rings (SSSR count). The summed E-state index contributed by atoms with van der Waals surface area (Å²) in [5, 5.41) is 6.64. The number of ether oxygens (including phenoxy) is 1. The van der Waals surface area contributed by atoms with E-state index in [4.69, 9.17) is 4.74 Å². The number of halogens is 1. The molecule has 0 radical (unpaired) electrons. The number of guanidine groups is 1. The molecule has 0 fully saturated rings. The Morgan fingerprint density at radius 2 is 2.00 bits per heavy atom. The van der Waals surface area contributed by atoms with Crippen molar-refractivity contribution in [3.05, 3.63) is 45.9 Å². The molecule has 1 heterocycles. The Morgan fingerprint density at radius 3 is 2.58 bits per heavy atom. The number of unbranched alkanes of at least 4 members (excludes halogenated alkanes) is 1. The van der Waals surface area contributed by atoms with E-state index >= 15 is 0 Å². The van der Waals surface area contributed by atoms with Crippen LogP contribution in [0.5, 0.6) is 5.75 Å². The number of nitrogens with one attached hydrogen (secondary N) is 1. The predicted octanol–water partition coefficient (Wildman–Crippen LogP) is 4.11. The zero-order chi connectivity index (χ0) is 18.1. The Kier molecular flexibility index (Phi) is 10.6. The Labute approximate surface area is 177 Å². The van der Waals surface area contributed by atoms with Crippen LogP contribution in [-0.4, -0.2) is 43.6 Å². The molecule has 0 aliphatic carbocycles. The van der Waals surface area contributed by atoms with Gasteiger partial charge in [-0.1, -0.05) is 12.1 Å². The van der Waals surface area contributed by atoms with Crippen LogP contribution in [0.4, 0.5) is 0 Å². The Morgan fingerprint density at radius 1 is 1.27 bits per heavy atom. The van der Waals surface area contributed by atoms with E-state index in [1.54, 1.807) is 18.4 Å². The van der Waals surface area contributed by atoms with Gasteiger partial charge in [-0.2, -0.15) is 0 Å². The van der Waals surface area contributed by atoms with Crippen molar-refractivity contribution >= 4 is 41.3 Å². The van der Waals surface area contributed by atoms with Gasteiger partial charge in [0.15, 0.2) is 5.96 Å². The van der Waals surface area contributed by atoms with Gasteiger partial charge in [0.1, 0.15) is 5.75 Å². The normalized spacial score (nSPS) is 11.0. The first-order chi connectivity index (χ1) is 12.1. The lowest BCUT2D eigenvalue weighted by atomic mass is 10.1. The van der Waals surface area contributed by atoms with Gasteiger partial charge in [-0.3, -0.25) is 4.99 Å². The third-order valence-electron chi connectivity index (χ3n) is 3.97. The quantitative estimate of drug-likeness (QED) is 0.263. The van der Waals surface area contributed by atoms with Crippen molar-refractivity contribution in [3.63, 3.8) is 0 Å². The number of hydrogen-bond acceptors (Lipinski definition) is 4. The molecule has 7 heteroatoms. The molecule has 0 saturated heterocycles. The molecule has 0 aliphatic rings. The second kappa shape index (κ2) is 12.1. The number of aryl methyl sites for hydroxylation is 2. The molecule has 2 aromatic rings. The summed E-state index contributed by atoms with van der Waals surface area (Å²) in [5.41, 5.74) is 2.44. The topological polar surface area (TPSA) is 49.8 Å². The fourth-order valence-corrected chi connectivity index (χ4v) is 3.23.